The summed E-state index contributed by atoms with van der Waals surface area (Å²) >= 11 is 0. The predicted molar refractivity (Wildman–Crippen MR) is 97.8 cm³/mol. The number of nitrogens with zero attached hydrogens (tertiary/aromatic N) is 2. The Bertz CT molecular complexity index is 1020. The summed E-state index contributed by atoms with van der Waals surface area (Å²) in [6.45, 7) is 5.39. The fourth-order valence-corrected chi connectivity index (χ4v) is 4.98. The third kappa shape index (κ3) is 2.69. The number of benzene rings is 1. The van der Waals surface area contributed by atoms with Gasteiger partial charge in [-0.25, -0.2) is 8.42 Å². The normalized spacial score (nSPS) is 15.6. The Balaban J connectivity index is 1.86. The third-order valence-corrected chi connectivity index (χ3v) is 6.60. The van der Waals surface area contributed by atoms with Crippen LogP contribution in [0.3, 0.4) is 0 Å². The number of sulfone groups is 1. The lowest BCUT2D eigenvalue weighted by atomic mass is 10.2. The largest absolute Gasteiger partial charge is 0.366 e. The quantitative estimate of drug-likeness (QED) is 0.752. The molecule has 0 radical (unpaired) electrons. The molecular weight excluding hydrogens is 336 g/mol. The van der Waals surface area contributed by atoms with E-state index < -0.39 is 9.84 Å². The zero-order chi connectivity index (χ0) is 17.4. The summed E-state index contributed by atoms with van der Waals surface area (Å²) in [6, 6.07) is 8.62. The molecule has 0 bridgehead atoms. The topological polar surface area (TPSA) is 78.1 Å². The first-order chi connectivity index (χ1) is 12.1. The maximum Gasteiger partial charge on any atom is 0.209 e. The maximum atomic E-state index is 13.2. The summed E-state index contributed by atoms with van der Waals surface area (Å²) in [6.07, 6.45) is 3.44. The van der Waals surface area contributed by atoms with Crippen LogP contribution in [0.15, 0.2) is 52.5 Å². The zero-order valence-electron chi connectivity index (χ0n) is 14.0. The Hall–Kier alpha value is -2.38. The summed E-state index contributed by atoms with van der Waals surface area (Å²) in [5.41, 5.74) is 2.97. The first-order valence-corrected chi connectivity index (χ1v) is 9.80. The van der Waals surface area contributed by atoms with Crippen LogP contribution in [-0.2, 0) is 9.84 Å². The van der Waals surface area contributed by atoms with Crippen LogP contribution in [-0.4, -0.2) is 44.6 Å². The molecule has 3 heterocycles. The van der Waals surface area contributed by atoms with Gasteiger partial charge < -0.3 is 15.2 Å². The Morgan fingerprint density at radius 3 is 2.60 bits per heavy atom. The van der Waals surface area contributed by atoms with Gasteiger partial charge >= 0.3 is 0 Å². The fraction of sp³-hybridized carbons (Fsp3) is 0.278. The molecule has 0 atom stereocenters. The smallest absolute Gasteiger partial charge is 0.209 e. The predicted octanol–water partition coefficient (Wildman–Crippen LogP) is 2.11. The SMILES string of the molecule is Cc1ccccc1S(=O)(=O)c1ccnc2c(N3CCNCC3)c[nH]c12. The van der Waals surface area contributed by atoms with E-state index >= 15 is 0 Å². The second-order valence-electron chi connectivity index (χ2n) is 6.21. The lowest BCUT2D eigenvalue weighted by Crippen LogP contribution is -2.43. The van der Waals surface area contributed by atoms with Gasteiger partial charge in [-0.05, 0) is 24.6 Å². The summed E-state index contributed by atoms with van der Waals surface area (Å²) in [7, 11) is -3.62. The van der Waals surface area contributed by atoms with Crippen LogP contribution in [0.5, 0.6) is 0 Å². The van der Waals surface area contributed by atoms with Crippen molar-refractivity contribution in [1.82, 2.24) is 15.3 Å². The number of aryl methyl sites for hydroxylation is 1. The number of rotatable bonds is 3. The van der Waals surface area contributed by atoms with Gasteiger partial charge in [0.15, 0.2) is 0 Å². The molecule has 2 N–H and O–H groups in total. The second-order valence-corrected chi connectivity index (χ2v) is 8.10. The van der Waals surface area contributed by atoms with E-state index in [2.05, 4.69) is 20.2 Å². The van der Waals surface area contributed by atoms with Gasteiger partial charge in [0, 0.05) is 38.6 Å². The van der Waals surface area contributed by atoms with Crippen molar-refractivity contribution in [3.63, 3.8) is 0 Å². The summed E-state index contributed by atoms with van der Waals surface area (Å²) < 4.78 is 26.4. The lowest BCUT2D eigenvalue weighted by molar-refractivity contribution is 0.590. The number of anilines is 1. The van der Waals surface area contributed by atoms with Crippen LogP contribution < -0.4 is 10.2 Å². The van der Waals surface area contributed by atoms with Crippen LogP contribution >= 0.6 is 0 Å². The average Bonchev–Trinajstić information content (AvgIpc) is 3.06. The van der Waals surface area contributed by atoms with Crippen molar-refractivity contribution < 1.29 is 8.42 Å². The molecule has 2 aromatic heterocycles. The lowest BCUT2D eigenvalue weighted by Gasteiger charge is -2.28. The molecule has 1 aliphatic rings. The molecule has 4 rings (SSSR count). The maximum absolute atomic E-state index is 13.2. The minimum atomic E-state index is -3.62. The average molecular weight is 356 g/mol. The molecule has 1 aromatic carbocycles. The van der Waals surface area contributed by atoms with Gasteiger partial charge in [0.2, 0.25) is 9.84 Å². The molecule has 3 aromatic rings. The van der Waals surface area contributed by atoms with Gasteiger partial charge in [-0.3, -0.25) is 4.98 Å². The number of hydrogen-bond donors (Lipinski definition) is 2. The number of pyridine rings is 1. The number of aromatic nitrogens is 2. The van der Waals surface area contributed by atoms with E-state index in [4.69, 9.17) is 0 Å². The molecule has 6 nitrogen and oxygen atoms in total. The summed E-state index contributed by atoms with van der Waals surface area (Å²) in [5.74, 6) is 0. The van der Waals surface area contributed by atoms with Gasteiger partial charge in [0.1, 0.15) is 5.52 Å². The van der Waals surface area contributed by atoms with Crippen molar-refractivity contribution >= 4 is 26.6 Å². The summed E-state index contributed by atoms with van der Waals surface area (Å²) in [5, 5.41) is 3.32. The highest BCUT2D eigenvalue weighted by molar-refractivity contribution is 7.91. The number of H-pyrrole nitrogens is 1. The Labute approximate surface area is 146 Å². The first-order valence-electron chi connectivity index (χ1n) is 8.31. The van der Waals surface area contributed by atoms with Crippen molar-refractivity contribution in [2.24, 2.45) is 0 Å². The number of nitrogens with one attached hydrogen (secondary N) is 2. The van der Waals surface area contributed by atoms with Crippen molar-refractivity contribution in [1.29, 1.82) is 0 Å². The van der Waals surface area contributed by atoms with Crippen molar-refractivity contribution in [3.05, 3.63) is 48.3 Å². The van der Waals surface area contributed by atoms with Crippen molar-refractivity contribution in [2.45, 2.75) is 16.7 Å². The van der Waals surface area contributed by atoms with Crippen LogP contribution in [0.2, 0.25) is 0 Å². The Kier molecular flexibility index (Phi) is 3.97. The standard InChI is InChI=1S/C18H20N4O2S/c1-13-4-2-3-5-15(13)25(23,24)16-6-7-20-17-14(12-21-18(16)17)22-10-8-19-9-11-22/h2-7,12,19,21H,8-11H2,1H3. The van der Waals surface area contributed by atoms with E-state index in [1.54, 1.807) is 24.4 Å². The number of hydrogen-bond acceptors (Lipinski definition) is 5. The third-order valence-electron chi connectivity index (χ3n) is 4.64. The molecule has 7 heteroatoms. The number of piperazine rings is 1. The highest BCUT2D eigenvalue weighted by Crippen LogP contribution is 2.32. The Morgan fingerprint density at radius 2 is 1.84 bits per heavy atom. The molecule has 1 saturated heterocycles. The molecule has 0 aliphatic carbocycles. The van der Waals surface area contributed by atoms with E-state index in [1.165, 1.54) is 0 Å². The first kappa shape index (κ1) is 16.1. The van der Waals surface area contributed by atoms with Gasteiger partial charge in [-0.1, -0.05) is 18.2 Å². The molecule has 0 unspecified atom stereocenters. The molecule has 1 fully saturated rings. The fourth-order valence-electron chi connectivity index (χ4n) is 3.33. The minimum absolute atomic E-state index is 0.271. The Morgan fingerprint density at radius 1 is 1.08 bits per heavy atom. The number of aromatic amines is 1. The minimum Gasteiger partial charge on any atom is -0.366 e. The molecule has 130 valence electrons. The van der Waals surface area contributed by atoms with Crippen molar-refractivity contribution in [2.75, 3.05) is 31.1 Å². The van der Waals surface area contributed by atoms with E-state index in [-0.39, 0.29) is 4.90 Å². The van der Waals surface area contributed by atoms with Gasteiger partial charge in [0.05, 0.1) is 21.0 Å². The van der Waals surface area contributed by atoms with Crippen LogP contribution in [0.4, 0.5) is 5.69 Å². The molecule has 0 saturated carbocycles. The van der Waals surface area contributed by atoms with E-state index in [9.17, 15) is 8.42 Å². The molecule has 1 aliphatic heterocycles. The van der Waals surface area contributed by atoms with Gasteiger partial charge in [-0.2, -0.15) is 0 Å². The zero-order valence-corrected chi connectivity index (χ0v) is 14.8. The highest BCUT2D eigenvalue weighted by atomic mass is 32.2. The van der Waals surface area contributed by atoms with Crippen LogP contribution in [0, 0.1) is 6.92 Å². The van der Waals surface area contributed by atoms with E-state index in [0.717, 1.165) is 37.4 Å². The molecular formula is C18H20N4O2S. The molecule has 25 heavy (non-hydrogen) atoms. The highest BCUT2D eigenvalue weighted by Gasteiger charge is 2.25. The van der Waals surface area contributed by atoms with Crippen molar-refractivity contribution in [3.8, 4) is 0 Å². The van der Waals surface area contributed by atoms with E-state index in [1.807, 2.05) is 25.3 Å². The molecule has 0 spiro atoms. The number of fused-ring (bicyclic) bond motifs is 1. The van der Waals surface area contributed by atoms with Crippen LogP contribution in [0.1, 0.15) is 5.56 Å². The second kappa shape index (κ2) is 6.16. The summed E-state index contributed by atoms with van der Waals surface area (Å²) in [4.78, 5) is 10.4. The monoisotopic (exact) mass is 356 g/mol. The molecule has 0 amide bonds. The van der Waals surface area contributed by atoms with E-state index in [0.29, 0.717) is 15.9 Å². The van der Waals surface area contributed by atoms with Gasteiger partial charge in [0.25, 0.3) is 0 Å². The van der Waals surface area contributed by atoms with Crippen LogP contribution in [0.25, 0.3) is 11.0 Å². The van der Waals surface area contributed by atoms with Gasteiger partial charge in [-0.15, -0.1) is 0 Å².